The zero-order chi connectivity index (χ0) is 7.94. The summed E-state index contributed by atoms with van der Waals surface area (Å²) < 4.78 is 0. The Kier molecular flexibility index (Phi) is 3.98. The van der Waals surface area contributed by atoms with Crippen molar-refractivity contribution in [3.05, 3.63) is 30.3 Å². The molecule has 0 aliphatic rings. The first kappa shape index (κ1) is 8.53. The molecule has 0 saturated carbocycles. The van der Waals surface area contributed by atoms with Crippen molar-refractivity contribution in [2.24, 2.45) is 0 Å². The van der Waals surface area contributed by atoms with E-state index in [-0.39, 0.29) is 9.52 Å². The summed E-state index contributed by atoms with van der Waals surface area (Å²) in [7, 11) is 0.0576. The highest BCUT2D eigenvalue weighted by atomic mass is 28.2. The molecule has 0 amide bonds. The monoisotopic (exact) mass is 163 g/mol. The summed E-state index contributed by atoms with van der Waals surface area (Å²) in [6.07, 6.45) is 2.75. The van der Waals surface area contributed by atoms with Crippen LogP contribution in [-0.4, -0.2) is 9.52 Å². The van der Waals surface area contributed by atoms with Crippen LogP contribution in [0.4, 0.5) is 0 Å². The first-order valence-electron chi connectivity index (χ1n) is 4.38. The summed E-state index contributed by atoms with van der Waals surface area (Å²) in [6, 6.07) is 13.0. The first-order chi connectivity index (χ1) is 5.43. The van der Waals surface area contributed by atoms with E-state index in [2.05, 4.69) is 25.1 Å². The van der Waals surface area contributed by atoms with Gasteiger partial charge in [-0.2, -0.15) is 0 Å². The van der Waals surface area contributed by atoms with Crippen LogP contribution in [0.15, 0.2) is 24.3 Å². The van der Waals surface area contributed by atoms with Crippen molar-refractivity contribution in [2.45, 2.75) is 25.8 Å². The van der Waals surface area contributed by atoms with E-state index in [4.69, 9.17) is 0 Å². The van der Waals surface area contributed by atoms with Crippen molar-refractivity contribution >= 4 is 14.7 Å². The molecule has 11 heavy (non-hydrogen) atoms. The van der Waals surface area contributed by atoms with Crippen molar-refractivity contribution in [3.63, 3.8) is 0 Å². The van der Waals surface area contributed by atoms with Crippen LogP contribution in [0.2, 0.25) is 6.04 Å². The fourth-order valence-corrected chi connectivity index (χ4v) is 2.89. The molecule has 0 fully saturated rings. The summed E-state index contributed by atoms with van der Waals surface area (Å²) in [5.41, 5.74) is 0. The molecule has 0 unspecified atom stereocenters. The predicted octanol–water partition coefficient (Wildman–Crippen LogP) is 1.50. The van der Waals surface area contributed by atoms with Gasteiger partial charge in [-0.05, 0) is 6.07 Å². The average molecular weight is 163 g/mol. The van der Waals surface area contributed by atoms with Gasteiger partial charge >= 0.3 is 0 Å². The topological polar surface area (TPSA) is 0 Å². The van der Waals surface area contributed by atoms with Crippen LogP contribution in [0.25, 0.3) is 0 Å². The SMILES string of the molecule is CCCC[SiH2]c1cc[c]cc1. The fourth-order valence-electron chi connectivity index (χ4n) is 1.17. The summed E-state index contributed by atoms with van der Waals surface area (Å²) in [5, 5.41) is 1.58. The first-order valence-corrected chi connectivity index (χ1v) is 6.09. The van der Waals surface area contributed by atoms with Gasteiger partial charge in [-0.15, -0.1) is 0 Å². The van der Waals surface area contributed by atoms with Gasteiger partial charge < -0.3 is 0 Å². The molecule has 0 aromatic heterocycles. The molecule has 59 valence electrons. The average Bonchev–Trinajstić information content (AvgIpc) is 2.07. The van der Waals surface area contributed by atoms with Crippen LogP contribution >= 0.6 is 0 Å². The van der Waals surface area contributed by atoms with Gasteiger partial charge in [0.05, 0.1) is 9.52 Å². The van der Waals surface area contributed by atoms with Crippen LogP contribution in [0.5, 0.6) is 0 Å². The normalized spacial score (nSPS) is 11.0. The Bertz CT molecular complexity index is 181. The molecule has 0 aliphatic carbocycles. The van der Waals surface area contributed by atoms with Gasteiger partial charge in [0.25, 0.3) is 0 Å². The van der Waals surface area contributed by atoms with E-state index in [0.717, 1.165) is 0 Å². The van der Waals surface area contributed by atoms with E-state index in [0.29, 0.717) is 0 Å². The van der Waals surface area contributed by atoms with Crippen molar-refractivity contribution in [3.8, 4) is 0 Å². The second-order valence-corrected chi connectivity index (χ2v) is 4.89. The fraction of sp³-hybridized carbons (Fsp3) is 0.400. The molecule has 0 N–H and O–H groups in total. The van der Waals surface area contributed by atoms with E-state index in [1.807, 2.05) is 12.1 Å². The number of hydrogen-bond acceptors (Lipinski definition) is 0. The highest BCUT2D eigenvalue weighted by Crippen LogP contribution is 1.93. The van der Waals surface area contributed by atoms with Gasteiger partial charge in [0.1, 0.15) is 0 Å². The molecule has 1 radical (unpaired) electrons. The maximum Gasteiger partial charge on any atom is 0.0547 e. The molecule has 1 aromatic carbocycles. The van der Waals surface area contributed by atoms with Gasteiger partial charge in [0, 0.05) is 0 Å². The largest absolute Gasteiger partial charge is 0.0669 e. The predicted molar refractivity (Wildman–Crippen MR) is 53.2 cm³/mol. The van der Waals surface area contributed by atoms with Crippen LogP contribution < -0.4 is 5.19 Å². The number of rotatable bonds is 4. The third-order valence-electron chi connectivity index (χ3n) is 1.86. The van der Waals surface area contributed by atoms with Crippen molar-refractivity contribution in [1.82, 2.24) is 0 Å². The van der Waals surface area contributed by atoms with Crippen molar-refractivity contribution < 1.29 is 0 Å². The molecule has 0 atom stereocenters. The zero-order valence-electron chi connectivity index (χ0n) is 7.14. The smallest absolute Gasteiger partial charge is 0.0547 e. The van der Waals surface area contributed by atoms with Crippen molar-refractivity contribution in [2.75, 3.05) is 0 Å². The summed E-state index contributed by atoms with van der Waals surface area (Å²) in [4.78, 5) is 0. The lowest BCUT2D eigenvalue weighted by Crippen LogP contribution is -2.11. The molecule has 0 spiro atoms. The van der Waals surface area contributed by atoms with E-state index < -0.39 is 0 Å². The Morgan fingerprint density at radius 2 is 2.09 bits per heavy atom. The molecule has 1 aromatic rings. The van der Waals surface area contributed by atoms with Crippen LogP contribution in [0.3, 0.4) is 0 Å². The molecule has 0 nitrogen and oxygen atoms in total. The Labute approximate surface area is 71.5 Å². The van der Waals surface area contributed by atoms with Gasteiger partial charge in [-0.1, -0.05) is 55.3 Å². The lowest BCUT2D eigenvalue weighted by Gasteiger charge is -1.97. The Balaban J connectivity index is 2.28. The lowest BCUT2D eigenvalue weighted by atomic mass is 10.4. The van der Waals surface area contributed by atoms with Crippen LogP contribution in [0, 0.1) is 6.07 Å². The molecule has 1 rings (SSSR count). The van der Waals surface area contributed by atoms with E-state index in [9.17, 15) is 0 Å². The van der Waals surface area contributed by atoms with Gasteiger partial charge in [-0.25, -0.2) is 0 Å². The third kappa shape index (κ3) is 3.37. The molecule has 0 saturated heterocycles. The minimum Gasteiger partial charge on any atom is -0.0669 e. The van der Waals surface area contributed by atoms with E-state index >= 15 is 0 Å². The lowest BCUT2D eigenvalue weighted by molar-refractivity contribution is 0.881. The second-order valence-electron chi connectivity index (χ2n) is 2.87. The quantitative estimate of drug-likeness (QED) is 0.466. The molecule has 0 bridgehead atoms. The second kappa shape index (κ2) is 5.14. The number of hydrogen-bond donors (Lipinski definition) is 0. The Morgan fingerprint density at radius 1 is 1.36 bits per heavy atom. The van der Waals surface area contributed by atoms with Gasteiger partial charge in [0.15, 0.2) is 0 Å². The molecule has 1 heteroatoms. The maximum atomic E-state index is 3.05. The standard InChI is InChI=1S/C10H15Si/c1-2-3-9-11-10-7-5-4-6-8-10/h5-8H,2-3,9,11H2,1H3. The zero-order valence-corrected chi connectivity index (χ0v) is 8.55. The van der Waals surface area contributed by atoms with Gasteiger partial charge in [0.2, 0.25) is 0 Å². The molecular formula is C10H15Si. The Morgan fingerprint density at radius 3 is 2.73 bits per heavy atom. The Hall–Kier alpha value is -0.563. The van der Waals surface area contributed by atoms with Crippen molar-refractivity contribution in [1.29, 1.82) is 0 Å². The highest BCUT2D eigenvalue weighted by Gasteiger charge is 1.90. The summed E-state index contributed by atoms with van der Waals surface area (Å²) in [5.74, 6) is 0. The number of unbranched alkanes of at least 4 members (excludes halogenated alkanes) is 1. The van der Waals surface area contributed by atoms with Crippen LogP contribution in [-0.2, 0) is 0 Å². The molecular weight excluding hydrogens is 148 g/mol. The minimum atomic E-state index is 0.0576. The molecule has 0 heterocycles. The minimum absolute atomic E-state index is 0.0576. The van der Waals surface area contributed by atoms with Crippen LogP contribution in [0.1, 0.15) is 19.8 Å². The van der Waals surface area contributed by atoms with E-state index in [1.54, 1.807) is 5.19 Å². The summed E-state index contributed by atoms with van der Waals surface area (Å²) in [6.45, 7) is 2.26. The third-order valence-corrected chi connectivity index (χ3v) is 3.76. The van der Waals surface area contributed by atoms with Gasteiger partial charge in [-0.3, -0.25) is 0 Å². The maximum absolute atomic E-state index is 3.05. The van der Waals surface area contributed by atoms with E-state index in [1.165, 1.54) is 18.9 Å². The highest BCUT2D eigenvalue weighted by molar-refractivity contribution is 6.53. The summed E-state index contributed by atoms with van der Waals surface area (Å²) >= 11 is 0. The number of benzene rings is 1. The molecule has 0 aliphatic heterocycles.